The molecule has 0 aromatic heterocycles. The average molecular weight is 493 g/mol. The van der Waals surface area contributed by atoms with Gasteiger partial charge in [-0.3, -0.25) is 4.99 Å². The van der Waals surface area contributed by atoms with Gasteiger partial charge in [0.05, 0.1) is 14.2 Å². The summed E-state index contributed by atoms with van der Waals surface area (Å²) in [4.78, 5) is 4.32. The second-order valence-electron chi connectivity index (χ2n) is 6.20. The quantitative estimate of drug-likeness (QED) is 0.168. The van der Waals surface area contributed by atoms with Crippen LogP contribution in [0.4, 0.5) is 5.69 Å². The molecular formula is C20H36IN3O3. The van der Waals surface area contributed by atoms with Crippen molar-refractivity contribution in [3.05, 3.63) is 18.2 Å². The van der Waals surface area contributed by atoms with Gasteiger partial charge in [-0.2, -0.15) is 0 Å². The average Bonchev–Trinajstić information content (AvgIpc) is 2.66. The van der Waals surface area contributed by atoms with Gasteiger partial charge in [0.1, 0.15) is 0 Å². The molecule has 6 nitrogen and oxygen atoms in total. The lowest BCUT2D eigenvalue weighted by Crippen LogP contribution is -2.23. The highest BCUT2D eigenvalue weighted by molar-refractivity contribution is 14.0. The minimum absolute atomic E-state index is 0. The molecule has 1 rings (SSSR count). The Bertz CT molecular complexity index is 527. The van der Waals surface area contributed by atoms with Gasteiger partial charge < -0.3 is 25.3 Å². The number of nitrogens with zero attached hydrogens (tertiary/aromatic N) is 1. The predicted molar refractivity (Wildman–Crippen MR) is 124 cm³/mol. The molecule has 0 fully saturated rings. The van der Waals surface area contributed by atoms with Gasteiger partial charge >= 0.3 is 0 Å². The molecule has 0 saturated heterocycles. The Balaban J connectivity index is 0.00000676. The van der Waals surface area contributed by atoms with Crippen LogP contribution in [0.2, 0.25) is 0 Å². The first-order valence-electron chi connectivity index (χ1n) is 9.58. The number of anilines is 1. The Labute approximate surface area is 181 Å². The van der Waals surface area contributed by atoms with E-state index in [0.29, 0.717) is 24.0 Å². The second kappa shape index (κ2) is 16.9. The van der Waals surface area contributed by atoms with Crippen LogP contribution in [-0.2, 0) is 4.74 Å². The number of halogens is 1. The fourth-order valence-corrected chi connectivity index (χ4v) is 2.55. The number of nitrogens with one attached hydrogen (secondary N) is 1. The molecule has 0 atom stereocenters. The topological polar surface area (TPSA) is 78.1 Å². The van der Waals surface area contributed by atoms with Gasteiger partial charge in [0.25, 0.3) is 0 Å². The molecule has 1 aromatic rings. The van der Waals surface area contributed by atoms with E-state index in [-0.39, 0.29) is 24.0 Å². The largest absolute Gasteiger partial charge is 0.493 e. The molecule has 3 N–H and O–H groups in total. The van der Waals surface area contributed by atoms with Crippen molar-refractivity contribution in [2.75, 3.05) is 39.3 Å². The van der Waals surface area contributed by atoms with Crippen molar-refractivity contribution in [1.82, 2.24) is 0 Å². The molecule has 0 unspecified atom stereocenters. The Morgan fingerprint density at radius 3 is 2.33 bits per heavy atom. The lowest BCUT2D eigenvalue weighted by Gasteiger charge is -2.11. The molecule has 0 spiro atoms. The highest BCUT2D eigenvalue weighted by atomic mass is 127. The van der Waals surface area contributed by atoms with Crippen LogP contribution in [0.1, 0.15) is 51.9 Å². The van der Waals surface area contributed by atoms with E-state index in [1.165, 1.54) is 32.1 Å². The zero-order valence-electron chi connectivity index (χ0n) is 17.0. The molecule has 156 valence electrons. The summed E-state index contributed by atoms with van der Waals surface area (Å²) in [5.41, 5.74) is 6.72. The Kier molecular flexibility index (Phi) is 16.2. The molecule has 1 aromatic carbocycles. The zero-order chi connectivity index (χ0) is 19.0. The van der Waals surface area contributed by atoms with E-state index in [1.807, 2.05) is 18.2 Å². The molecule has 0 aliphatic rings. The lowest BCUT2D eigenvalue weighted by molar-refractivity contribution is 0.129. The molecule has 0 radical (unpaired) electrons. The van der Waals surface area contributed by atoms with Gasteiger partial charge in [0.2, 0.25) is 0 Å². The standard InChI is InChI=1S/C20H35N3O3.HI/c1-4-5-6-7-8-9-14-26-15-10-13-22-20(21)23-17-11-12-18(24-2)19(16-17)25-3;/h11-12,16H,4-10,13-15H2,1-3H3,(H3,21,22,23);1H. The van der Waals surface area contributed by atoms with E-state index in [4.69, 9.17) is 19.9 Å². The molecule has 0 aliphatic heterocycles. The van der Waals surface area contributed by atoms with Crippen molar-refractivity contribution in [3.63, 3.8) is 0 Å². The summed E-state index contributed by atoms with van der Waals surface area (Å²) in [5.74, 6) is 1.71. The molecule has 0 amide bonds. The van der Waals surface area contributed by atoms with Crippen molar-refractivity contribution in [3.8, 4) is 11.5 Å². The van der Waals surface area contributed by atoms with E-state index >= 15 is 0 Å². The van der Waals surface area contributed by atoms with Crippen LogP contribution in [0.5, 0.6) is 11.5 Å². The van der Waals surface area contributed by atoms with Crippen LogP contribution in [0.15, 0.2) is 23.2 Å². The summed E-state index contributed by atoms with van der Waals surface area (Å²) in [6, 6.07) is 5.52. The van der Waals surface area contributed by atoms with Gasteiger partial charge in [-0.15, -0.1) is 24.0 Å². The van der Waals surface area contributed by atoms with Crippen molar-refractivity contribution < 1.29 is 14.2 Å². The highest BCUT2D eigenvalue weighted by Gasteiger charge is 2.04. The van der Waals surface area contributed by atoms with Crippen LogP contribution in [0.25, 0.3) is 0 Å². The third-order valence-electron chi connectivity index (χ3n) is 4.03. The summed E-state index contributed by atoms with van der Waals surface area (Å²) < 4.78 is 16.1. The van der Waals surface area contributed by atoms with Gasteiger partial charge in [-0.05, 0) is 25.0 Å². The van der Waals surface area contributed by atoms with Gasteiger partial charge in [0.15, 0.2) is 17.5 Å². The molecule has 0 heterocycles. The van der Waals surface area contributed by atoms with E-state index in [2.05, 4.69) is 17.2 Å². The molecule has 27 heavy (non-hydrogen) atoms. The van der Waals surface area contributed by atoms with E-state index in [1.54, 1.807) is 14.2 Å². The molecular weight excluding hydrogens is 457 g/mol. The van der Waals surface area contributed by atoms with E-state index < -0.39 is 0 Å². The molecule has 0 saturated carbocycles. The van der Waals surface area contributed by atoms with Crippen molar-refractivity contribution in [2.24, 2.45) is 10.7 Å². The maximum absolute atomic E-state index is 5.91. The minimum Gasteiger partial charge on any atom is -0.493 e. The number of aliphatic imine (C=N–C) groups is 1. The Hall–Kier alpha value is -1.22. The van der Waals surface area contributed by atoms with Gasteiger partial charge in [-0.1, -0.05) is 39.0 Å². The normalized spacial score (nSPS) is 11.0. The summed E-state index contributed by atoms with van der Waals surface area (Å²) in [5, 5.41) is 3.05. The Morgan fingerprint density at radius 1 is 0.963 bits per heavy atom. The number of guanidine groups is 1. The summed E-state index contributed by atoms with van der Waals surface area (Å²) in [6.45, 7) is 4.45. The molecule has 0 aliphatic carbocycles. The number of hydrogen-bond acceptors (Lipinski definition) is 4. The number of hydrogen-bond donors (Lipinski definition) is 2. The fourth-order valence-electron chi connectivity index (χ4n) is 2.55. The minimum atomic E-state index is 0. The lowest BCUT2D eigenvalue weighted by atomic mass is 10.1. The van der Waals surface area contributed by atoms with Gasteiger partial charge in [0, 0.05) is 31.5 Å². The molecule has 7 heteroatoms. The number of rotatable bonds is 14. The summed E-state index contributed by atoms with van der Waals surface area (Å²) in [7, 11) is 3.21. The van der Waals surface area contributed by atoms with Crippen LogP contribution < -0.4 is 20.5 Å². The SMILES string of the molecule is CCCCCCCCOCCCN=C(N)Nc1ccc(OC)c(OC)c1.I. The van der Waals surface area contributed by atoms with Gasteiger partial charge in [-0.25, -0.2) is 0 Å². The highest BCUT2D eigenvalue weighted by Crippen LogP contribution is 2.29. The number of ether oxygens (including phenoxy) is 3. The van der Waals surface area contributed by atoms with E-state index in [9.17, 15) is 0 Å². The first-order chi connectivity index (χ1) is 12.7. The first-order valence-corrected chi connectivity index (χ1v) is 9.58. The number of benzene rings is 1. The monoisotopic (exact) mass is 493 g/mol. The van der Waals surface area contributed by atoms with Crippen molar-refractivity contribution in [1.29, 1.82) is 0 Å². The molecule has 0 bridgehead atoms. The number of methoxy groups -OCH3 is 2. The maximum Gasteiger partial charge on any atom is 0.193 e. The van der Waals surface area contributed by atoms with Crippen LogP contribution in [0, 0.1) is 0 Å². The smallest absolute Gasteiger partial charge is 0.193 e. The third kappa shape index (κ3) is 12.0. The van der Waals surface area contributed by atoms with Crippen molar-refractivity contribution >= 4 is 35.6 Å². The van der Waals surface area contributed by atoms with Crippen LogP contribution in [0.3, 0.4) is 0 Å². The summed E-state index contributed by atoms with van der Waals surface area (Å²) in [6.07, 6.45) is 8.58. The third-order valence-corrected chi connectivity index (χ3v) is 4.03. The first kappa shape index (κ1) is 25.8. The maximum atomic E-state index is 5.91. The predicted octanol–water partition coefficient (Wildman–Crippen LogP) is 4.82. The number of unbranched alkanes of at least 4 members (excludes halogenated alkanes) is 5. The van der Waals surface area contributed by atoms with Crippen molar-refractivity contribution in [2.45, 2.75) is 51.9 Å². The second-order valence-corrected chi connectivity index (χ2v) is 6.20. The van der Waals surface area contributed by atoms with Crippen LogP contribution in [-0.4, -0.2) is 39.9 Å². The summed E-state index contributed by atoms with van der Waals surface area (Å²) >= 11 is 0. The fraction of sp³-hybridized carbons (Fsp3) is 0.650. The van der Waals surface area contributed by atoms with E-state index in [0.717, 1.165) is 31.7 Å². The van der Waals surface area contributed by atoms with Crippen LogP contribution >= 0.6 is 24.0 Å². The number of nitrogens with two attached hydrogens (primary N) is 1. The Morgan fingerprint density at radius 2 is 1.63 bits per heavy atom. The zero-order valence-corrected chi connectivity index (χ0v) is 19.3.